The molecule has 0 fully saturated rings. The number of para-hydroxylation sites is 3. The molecule has 1 amide bonds. The molecule has 0 spiro atoms. The van der Waals surface area contributed by atoms with Crippen molar-refractivity contribution in [2.45, 2.75) is 24.5 Å². The van der Waals surface area contributed by atoms with E-state index in [4.69, 9.17) is 0 Å². The average molecular weight is 454 g/mol. The van der Waals surface area contributed by atoms with E-state index in [-0.39, 0.29) is 11.4 Å². The van der Waals surface area contributed by atoms with Gasteiger partial charge < -0.3 is 5.32 Å². The SMILES string of the molecule is CCc1cc(SCC(=O)Nc2ccccc2C(F)(F)F)n2c(nc3ccccc32)c1C#N. The van der Waals surface area contributed by atoms with Crippen LogP contribution in [0.3, 0.4) is 0 Å². The third kappa shape index (κ3) is 4.01. The highest BCUT2D eigenvalue weighted by Crippen LogP contribution is 2.35. The highest BCUT2D eigenvalue weighted by molar-refractivity contribution is 7.99. The molecular weight excluding hydrogens is 437 g/mol. The number of carbonyl (C=O) groups excluding carboxylic acids is 1. The van der Waals surface area contributed by atoms with E-state index in [1.54, 1.807) is 0 Å². The predicted molar refractivity (Wildman–Crippen MR) is 118 cm³/mol. The number of fused-ring (bicyclic) bond motifs is 3. The van der Waals surface area contributed by atoms with Gasteiger partial charge in [0.2, 0.25) is 5.91 Å². The molecule has 0 saturated carbocycles. The molecule has 0 bridgehead atoms. The molecule has 4 rings (SSSR count). The first-order valence-electron chi connectivity index (χ1n) is 9.75. The molecule has 1 N–H and O–H groups in total. The largest absolute Gasteiger partial charge is 0.418 e. The van der Waals surface area contributed by atoms with Crippen LogP contribution in [0.15, 0.2) is 59.6 Å². The van der Waals surface area contributed by atoms with Crippen LogP contribution in [0.25, 0.3) is 16.7 Å². The highest BCUT2D eigenvalue weighted by atomic mass is 32.2. The summed E-state index contributed by atoms with van der Waals surface area (Å²) in [5.41, 5.74) is 2.08. The number of amides is 1. The zero-order valence-corrected chi connectivity index (χ0v) is 17.7. The molecule has 32 heavy (non-hydrogen) atoms. The Labute approximate surface area is 185 Å². The van der Waals surface area contributed by atoms with Crippen molar-refractivity contribution in [1.82, 2.24) is 9.38 Å². The first kappa shape index (κ1) is 21.7. The number of imidazole rings is 1. The number of hydrogen-bond donors (Lipinski definition) is 1. The van der Waals surface area contributed by atoms with E-state index in [0.717, 1.165) is 17.1 Å². The summed E-state index contributed by atoms with van der Waals surface area (Å²) in [5.74, 6) is -0.672. The second-order valence-corrected chi connectivity index (χ2v) is 7.98. The number of nitriles is 1. The van der Waals surface area contributed by atoms with Gasteiger partial charge >= 0.3 is 6.18 Å². The maximum atomic E-state index is 13.2. The smallest absolute Gasteiger partial charge is 0.325 e. The van der Waals surface area contributed by atoms with Crippen LogP contribution in [0.2, 0.25) is 0 Å². The van der Waals surface area contributed by atoms with Gasteiger partial charge in [-0.1, -0.05) is 43.0 Å². The van der Waals surface area contributed by atoms with E-state index >= 15 is 0 Å². The molecule has 2 aromatic heterocycles. The van der Waals surface area contributed by atoms with Crippen LogP contribution in [-0.4, -0.2) is 21.0 Å². The highest BCUT2D eigenvalue weighted by Gasteiger charge is 2.33. The Bertz CT molecular complexity index is 1370. The van der Waals surface area contributed by atoms with Crippen LogP contribution >= 0.6 is 11.8 Å². The van der Waals surface area contributed by atoms with Gasteiger partial charge in [0.15, 0.2) is 5.65 Å². The van der Waals surface area contributed by atoms with E-state index in [1.165, 1.54) is 30.0 Å². The Kier molecular flexibility index (Phi) is 5.80. The number of carbonyl (C=O) groups is 1. The summed E-state index contributed by atoms with van der Waals surface area (Å²) in [4.78, 5) is 17.1. The van der Waals surface area contributed by atoms with E-state index < -0.39 is 17.6 Å². The summed E-state index contributed by atoms with van der Waals surface area (Å²) in [6.45, 7) is 1.92. The van der Waals surface area contributed by atoms with Crippen LogP contribution in [0, 0.1) is 11.3 Å². The van der Waals surface area contributed by atoms with Crippen LogP contribution < -0.4 is 5.32 Å². The molecule has 0 saturated heterocycles. The zero-order valence-electron chi connectivity index (χ0n) is 16.9. The summed E-state index contributed by atoms with van der Waals surface area (Å²) in [6.07, 6.45) is -3.97. The maximum absolute atomic E-state index is 13.2. The number of thioether (sulfide) groups is 1. The Hall–Kier alpha value is -3.51. The fourth-order valence-electron chi connectivity index (χ4n) is 3.52. The summed E-state index contributed by atoms with van der Waals surface area (Å²) < 4.78 is 41.4. The Morgan fingerprint density at radius 1 is 1.19 bits per heavy atom. The number of anilines is 1. The monoisotopic (exact) mass is 454 g/mol. The molecule has 0 aliphatic rings. The Morgan fingerprint density at radius 2 is 1.91 bits per heavy atom. The lowest BCUT2D eigenvalue weighted by Crippen LogP contribution is -2.18. The second-order valence-electron chi connectivity index (χ2n) is 6.99. The number of hydrogen-bond acceptors (Lipinski definition) is 4. The summed E-state index contributed by atoms with van der Waals surface area (Å²) in [5, 5.41) is 12.7. The summed E-state index contributed by atoms with van der Waals surface area (Å²) in [6, 6.07) is 16.3. The molecule has 162 valence electrons. The molecular formula is C23H17F3N4OS. The van der Waals surface area contributed by atoms with E-state index in [1.807, 2.05) is 41.7 Å². The molecule has 9 heteroatoms. The number of halogens is 3. The Morgan fingerprint density at radius 3 is 2.62 bits per heavy atom. The molecule has 0 atom stereocenters. The first-order chi connectivity index (χ1) is 15.3. The number of aromatic nitrogens is 2. The molecule has 0 radical (unpaired) electrons. The van der Waals surface area contributed by atoms with Gasteiger partial charge in [0.1, 0.15) is 6.07 Å². The lowest BCUT2D eigenvalue weighted by molar-refractivity contribution is -0.137. The first-order valence-corrected chi connectivity index (χ1v) is 10.7. The molecule has 0 aliphatic heterocycles. The number of benzene rings is 2. The van der Waals surface area contributed by atoms with Crippen molar-refractivity contribution in [3.8, 4) is 6.07 Å². The van der Waals surface area contributed by atoms with Crippen LogP contribution in [0.1, 0.15) is 23.6 Å². The molecule has 2 aromatic carbocycles. The minimum atomic E-state index is -4.57. The second kappa shape index (κ2) is 8.55. The van der Waals surface area contributed by atoms with Gasteiger partial charge in [-0.05, 0) is 42.3 Å². The molecule has 0 aliphatic carbocycles. The van der Waals surface area contributed by atoms with Crippen molar-refractivity contribution in [2.75, 3.05) is 11.1 Å². The number of nitrogens with zero attached hydrogens (tertiary/aromatic N) is 3. The van der Waals surface area contributed by atoms with Crippen molar-refractivity contribution in [1.29, 1.82) is 5.26 Å². The fourth-order valence-corrected chi connectivity index (χ4v) is 4.41. The van der Waals surface area contributed by atoms with Crippen molar-refractivity contribution < 1.29 is 18.0 Å². The predicted octanol–water partition coefficient (Wildman–Crippen LogP) is 5.67. The lowest BCUT2D eigenvalue weighted by atomic mass is 10.1. The van der Waals surface area contributed by atoms with Crippen molar-refractivity contribution in [3.63, 3.8) is 0 Å². The van der Waals surface area contributed by atoms with Gasteiger partial charge in [-0.15, -0.1) is 0 Å². The number of alkyl halides is 3. The van der Waals surface area contributed by atoms with Gasteiger partial charge in [0.05, 0.1) is 38.6 Å². The van der Waals surface area contributed by atoms with Crippen LogP contribution in [-0.2, 0) is 17.4 Å². The number of nitrogens with one attached hydrogen (secondary N) is 1. The maximum Gasteiger partial charge on any atom is 0.418 e. The Balaban J connectivity index is 1.67. The molecule has 5 nitrogen and oxygen atoms in total. The quantitative estimate of drug-likeness (QED) is 0.395. The van der Waals surface area contributed by atoms with Crippen LogP contribution in [0.5, 0.6) is 0 Å². The standard InChI is InChI=1S/C23H17F3N4OS/c1-2-14-11-21(30-19-10-6-5-9-18(19)29-22(30)15(14)12-27)32-13-20(31)28-17-8-4-3-7-16(17)23(24,25)26/h3-11H,2,13H2,1H3,(H,28,31). The molecule has 0 unspecified atom stereocenters. The van der Waals surface area contributed by atoms with Gasteiger partial charge in [0.25, 0.3) is 0 Å². The van der Waals surface area contributed by atoms with Crippen molar-refractivity contribution in [3.05, 3.63) is 71.3 Å². The van der Waals surface area contributed by atoms with Crippen molar-refractivity contribution >= 4 is 40.0 Å². The molecule has 2 heterocycles. The topological polar surface area (TPSA) is 70.2 Å². The number of rotatable bonds is 5. The van der Waals surface area contributed by atoms with Gasteiger partial charge in [-0.3, -0.25) is 9.20 Å². The van der Waals surface area contributed by atoms with E-state index in [0.29, 0.717) is 28.2 Å². The lowest BCUT2D eigenvalue weighted by Gasteiger charge is -2.14. The number of pyridine rings is 1. The minimum Gasteiger partial charge on any atom is -0.325 e. The summed E-state index contributed by atoms with van der Waals surface area (Å²) >= 11 is 1.18. The van der Waals surface area contributed by atoms with Crippen molar-refractivity contribution in [2.24, 2.45) is 0 Å². The van der Waals surface area contributed by atoms with Crippen LogP contribution in [0.4, 0.5) is 18.9 Å². The zero-order chi connectivity index (χ0) is 22.9. The minimum absolute atomic E-state index is 0.108. The fraction of sp³-hybridized carbons (Fsp3) is 0.174. The van der Waals surface area contributed by atoms with Gasteiger partial charge in [-0.25, -0.2) is 4.98 Å². The van der Waals surface area contributed by atoms with Gasteiger partial charge in [0, 0.05) is 0 Å². The normalized spacial score (nSPS) is 11.6. The number of aryl methyl sites for hydroxylation is 1. The average Bonchev–Trinajstić information content (AvgIpc) is 3.16. The van der Waals surface area contributed by atoms with Gasteiger partial charge in [-0.2, -0.15) is 18.4 Å². The van der Waals surface area contributed by atoms with E-state index in [9.17, 15) is 23.2 Å². The third-order valence-electron chi connectivity index (χ3n) is 4.97. The summed E-state index contributed by atoms with van der Waals surface area (Å²) in [7, 11) is 0. The molecule has 4 aromatic rings. The van der Waals surface area contributed by atoms with E-state index in [2.05, 4.69) is 16.4 Å². The third-order valence-corrected chi connectivity index (χ3v) is 5.98.